The molecule has 37 heavy (non-hydrogen) atoms. The van der Waals surface area contributed by atoms with Gasteiger partial charge in [-0.3, -0.25) is 9.59 Å². The van der Waals surface area contributed by atoms with E-state index in [0.717, 1.165) is 0 Å². The van der Waals surface area contributed by atoms with Gasteiger partial charge in [-0.2, -0.15) is 26.6 Å². The number of ether oxygens (including phenoxy) is 1. The van der Waals surface area contributed by atoms with E-state index < -0.39 is 34.0 Å². The number of hydrogen-bond donors (Lipinski definition) is 2. The molecule has 2 atom stereocenters. The maximum atomic E-state index is 13.1. The number of carbonyl (C=O) groups is 2. The molecule has 12 heteroatoms. The van der Waals surface area contributed by atoms with Gasteiger partial charge in [-0.05, 0) is 42.7 Å². The summed E-state index contributed by atoms with van der Waals surface area (Å²) in [6.45, 7) is 0.286. The van der Waals surface area contributed by atoms with Crippen molar-refractivity contribution in [2.45, 2.75) is 23.5 Å². The Morgan fingerprint density at radius 1 is 1.14 bits per heavy atom. The number of carbonyl (C=O) groups excluding carboxylic acids is 2. The van der Waals surface area contributed by atoms with Gasteiger partial charge in [-0.25, -0.2) is 8.42 Å². The lowest BCUT2D eigenvalue weighted by Crippen LogP contribution is -2.52. The fourth-order valence-corrected chi connectivity index (χ4v) is 5.88. The molecule has 0 spiro atoms. The predicted octanol–water partition coefficient (Wildman–Crippen LogP) is 1.49. The van der Waals surface area contributed by atoms with Gasteiger partial charge in [0.1, 0.15) is 12.1 Å². The molecule has 1 aliphatic rings. The van der Waals surface area contributed by atoms with Crippen molar-refractivity contribution in [3.05, 3.63) is 65.2 Å². The van der Waals surface area contributed by atoms with E-state index >= 15 is 0 Å². The number of benzene rings is 2. The van der Waals surface area contributed by atoms with Gasteiger partial charge in [0.05, 0.1) is 40.4 Å². The zero-order valence-corrected chi connectivity index (χ0v) is 21.8. The van der Waals surface area contributed by atoms with Crippen LogP contribution in [0.5, 0.6) is 0 Å². The highest BCUT2D eigenvalue weighted by Crippen LogP contribution is 2.22. The number of rotatable bonds is 10. The normalized spacial score (nSPS) is 16.7. The molecule has 194 valence electrons. The van der Waals surface area contributed by atoms with E-state index in [2.05, 4.69) is 10.6 Å². The van der Waals surface area contributed by atoms with E-state index in [0.29, 0.717) is 12.2 Å². The minimum atomic E-state index is -3.93. The second-order valence-corrected chi connectivity index (χ2v) is 11.1. The van der Waals surface area contributed by atoms with Crippen LogP contribution in [0.4, 0.5) is 0 Å². The van der Waals surface area contributed by atoms with Crippen molar-refractivity contribution in [1.82, 2.24) is 14.9 Å². The van der Waals surface area contributed by atoms with Crippen LogP contribution in [0.1, 0.15) is 27.9 Å². The topological polar surface area (TPSA) is 152 Å². The van der Waals surface area contributed by atoms with Crippen molar-refractivity contribution in [2.75, 3.05) is 38.2 Å². The maximum absolute atomic E-state index is 13.1. The second kappa shape index (κ2) is 13.2. The fraction of sp³-hybridized carbons (Fsp3) is 0.360. The van der Waals surface area contributed by atoms with Crippen LogP contribution in [0.25, 0.3) is 0 Å². The predicted molar refractivity (Wildman–Crippen MR) is 138 cm³/mol. The molecule has 1 aliphatic heterocycles. The summed E-state index contributed by atoms with van der Waals surface area (Å²) in [4.78, 5) is 25.7. The van der Waals surface area contributed by atoms with E-state index in [1.54, 1.807) is 24.3 Å². The average Bonchev–Trinajstić information content (AvgIpc) is 2.93. The monoisotopic (exact) mass is 541 g/mol. The minimum Gasteiger partial charge on any atom is -0.374 e. The van der Waals surface area contributed by atoms with E-state index in [9.17, 15) is 28.5 Å². The summed E-state index contributed by atoms with van der Waals surface area (Å²) >= 11 is 1.52. The van der Waals surface area contributed by atoms with E-state index in [1.165, 1.54) is 40.3 Å². The first kappa shape index (κ1) is 28.2. The van der Waals surface area contributed by atoms with Gasteiger partial charge in [0, 0.05) is 19.6 Å². The third-order valence-electron chi connectivity index (χ3n) is 5.76. The zero-order chi connectivity index (χ0) is 26.8. The number of nitrogens with one attached hydrogen (secondary N) is 2. The van der Waals surface area contributed by atoms with Crippen molar-refractivity contribution in [2.24, 2.45) is 0 Å². The Morgan fingerprint density at radius 3 is 2.51 bits per heavy atom. The molecule has 3 rings (SSSR count). The number of thioether (sulfide) groups is 1. The van der Waals surface area contributed by atoms with Gasteiger partial charge in [0.15, 0.2) is 0 Å². The third-order valence-corrected chi connectivity index (χ3v) is 8.32. The molecule has 2 amide bonds. The molecule has 0 radical (unpaired) electrons. The quantitative estimate of drug-likeness (QED) is 0.459. The fourth-order valence-electron chi connectivity index (χ4n) is 3.81. The summed E-state index contributed by atoms with van der Waals surface area (Å²) < 4.78 is 33.2. The molecular formula is C25H27N5O5S2. The minimum absolute atomic E-state index is 0.000239. The summed E-state index contributed by atoms with van der Waals surface area (Å²) in [5.41, 5.74) is 0.448. The Labute approximate surface area is 220 Å². The van der Waals surface area contributed by atoms with Gasteiger partial charge < -0.3 is 15.4 Å². The van der Waals surface area contributed by atoms with Gasteiger partial charge in [-0.1, -0.05) is 24.3 Å². The molecule has 0 saturated carbocycles. The Kier molecular flexibility index (Phi) is 10.1. The maximum Gasteiger partial charge on any atom is 0.253 e. The van der Waals surface area contributed by atoms with Crippen LogP contribution in [-0.2, 0) is 19.6 Å². The molecule has 0 bridgehead atoms. The van der Waals surface area contributed by atoms with Crippen LogP contribution in [0.2, 0.25) is 0 Å². The van der Waals surface area contributed by atoms with Crippen molar-refractivity contribution in [3.8, 4) is 12.1 Å². The number of amides is 2. The van der Waals surface area contributed by atoms with E-state index in [1.807, 2.05) is 18.4 Å². The summed E-state index contributed by atoms with van der Waals surface area (Å²) in [6.07, 6.45) is 1.64. The molecule has 0 aliphatic carbocycles. The van der Waals surface area contributed by atoms with Gasteiger partial charge >= 0.3 is 0 Å². The molecule has 1 unspecified atom stereocenters. The number of nitrogens with zero attached hydrogens (tertiary/aromatic N) is 3. The summed E-state index contributed by atoms with van der Waals surface area (Å²) in [5.74, 6) is -0.348. The summed E-state index contributed by atoms with van der Waals surface area (Å²) in [5, 5.41) is 24.0. The molecule has 1 fully saturated rings. The first-order valence-corrected chi connectivity index (χ1v) is 14.3. The average molecular weight is 542 g/mol. The summed E-state index contributed by atoms with van der Waals surface area (Å²) in [7, 11) is -3.93. The first-order chi connectivity index (χ1) is 17.8. The molecule has 2 aromatic carbocycles. The SMILES string of the molecule is CSCC[C@H](NC(=O)c1ccccc1C#N)C(=O)NCC1CN(S(=O)(=O)c2ccccc2C#N)CCO1. The zero-order valence-electron chi connectivity index (χ0n) is 20.2. The molecule has 0 aromatic heterocycles. The van der Waals surface area contributed by atoms with Crippen molar-refractivity contribution < 1.29 is 22.7 Å². The molecular weight excluding hydrogens is 514 g/mol. The van der Waals surface area contributed by atoms with Crippen molar-refractivity contribution in [3.63, 3.8) is 0 Å². The molecule has 1 heterocycles. The lowest BCUT2D eigenvalue weighted by atomic mass is 10.1. The third kappa shape index (κ3) is 7.08. The van der Waals surface area contributed by atoms with Crippen molar-refractivity contribution in [1.29, 1.82) is 10.5 Å². The number of morpholine rings is 1. The largest absolute Gasteiger partial charge is 0.374 e. The van der Waals surface area contributed by atoms with Crippen LogP contribution in [0, 0.1) is 22.7 Å². The van der Waals surface area contributed by atoms with Crippen molar-refractivity contribution >= 4 is 33.6 Å². The molecule has 1 saturated heterocycles. The first-order valence-electron chi connectivity index (χ1n) is 11.5. The van der Waals surface area contributed by atoms with Crippen LogP contribution >= 0.6 is 11.8 Å². The number of sulfonamides is 1. The highest BCUT2D eigenvalue weighted by atomic mass is 32.2. The number of hydrogen-bond acceptors (Lipinski definition) is 8. The molecule has 2 N–H and O–H groups in total. The van der Waals surface area contributed by atoms with E-state index in [-0.39, 0.29) is 47.8 Å². The highest BCUT2D eigenvalue weighted by Gasteiger charge is 2.33. The standard InChI is InChI=1S/C25H27N5O5S2/c1-36-13-10-22(29-24(31)21-8-4-2-6-18(21)14-26)25(32)28-16-20-17-30(11-12-35-20)37(33,34)23-9-5-3-7-19(23)15-27/h2-9,20,22H,10-13,16-17H2,1H3,(H,28,32)(H,29,31)/t20?,22-/m0/s1. The smallest absolute Gasteiger partial charge is 0.253 e. The van der Waals surface area contributed by atoms with E-state index in [4.69, 9.17) is 4.74 Å². The molecule has 2 aromatic rings. The van der Waals surface area contributed by atoms with Gasteiger partial charge in [-0.15, -0.1) is 0 Å². The summed E-state index contributed by atoms with van der Waals surface area (Å²) in [6, 6.07) is 15.4. The highest BCUT2D eigenvalue weighted by molar-refractivity contribution is 7.98. The van der Waals surface area contributed by atoms with Crippen LogP contribution in [0.3, 0.4) is 0 Å². The Hall–Kier alpha value is -3.42. The van der Waals surface area contributed by atoms with Crippen LogP contribution in [-0.4, -0.2) is 74.9 Å². The van der Waals surface area contributed by atoms with Gasteiger partial charge in [0.25, 0.3) is 5.91 Å². The lowest BCUT2D eigenvalue weighted by molar-refractivity contribution is -0.124. The Balaban J connectivity index is 1.65. The molecule has 10 nitrogen and oxygen atoms in total. The number of nitriles is 2. The van der Waals surface area contributed by atoms with Gasteiger partial charge in [0.2, 0.25) is 15.9 Å². The van der Waals surface area contributed by atoms with Crippen LogP contribution < -0.4 is 10.6 Å². The second-order valence-electron chi connectivity index (χ2n) is 8.17. The Bertz CT molecular complexity index is 1320. The Morgan fingerprint density at radius 2 is 1.81 bits per heavy atom. The van der Waals surface area contributed by atoms with Crippen LogP contribution in [0.15, 0.2) is 53.4 Å². The lowest BCUT2D eigenvalue weighted by Gasteiger charge is -2.32.